The van der Waals surface area contributed by atoms with E-state index in [-0.39, 0.29) is 133 Å². The molecule has 6 aromatic carbocycles. The van der Waals surface area contributed by atoms with Crippen LogP contribution in [0.2, 0.25) is 0 Å². The van der Waals surface area contributed by atoms with E-state index in [2.05, 4.69) is 198 Å². The standard InChI is InChI=1S/2C30H40N2O4S2.C29H40N2O4.2CS2.K.Na/c2*1-4-18-15-31-7-5-19-9-22(16-33)23(17-34)10-24(19)26(31)11-21(18)12-27-25-14-29(36-3)28(35-2)13-20(25)6-8-32(27)30(37)38;1-4-18-15-31-8-6-20-9-22(16-32)23(17-33)10-25(20)27(31)12-21(18)11-26-24-14-29(35-3)28(34-2)13-19(24)5-7-30-26;2*2-1-3;;/h2*9-10,13-14,18,21,26-27,33-34H,4-8,11-12,15-17H2,1-3H3,(H,37,38);9-10,13-14,18,21,26-27,30,32-33H,4-8,11-12,15-17H2,1-3H3;;;;/q;;;;;2*+1/t2*18-,21+,26-,27+;18-,21-,26+,27-;;;;/m000..../s1. The van der Waals surface area contributed by atoms with E-state index in [1.807, 2.05) is 8.63 Å². The summed E-state index contributed by atoms with van der Waals surface area (Å²) in [6.45, 7) is 15.9. The second-order valence-corrected chi connectivity index (χ2v) is 36.1. The van der Waals surface area contributed by atoms with E-state index in [0.29, 0.717) is 68.3 Å². The number of nitrogens with zero attached hydrogens (tertiary/aromatic N) is 5. The van der Waals surface area contributed by atoms with Crippen molar-refractivity contribution in [2.75, 3.05) is 102 Å². The number of ether oxygens (including phenoxy) is 6. The molecule has 15 rings (SSSR count). The zero-order valence-corrected chi connectivity index (χ0v) is 83.1. The number of thiol groups is 2. The van der Waals surface area contributed by atoms with Crippen molar-refractivity contribution in [1.29, 1.82) is 0 Å². The molecule has 12 atom stereocenters. The number of fused-ring (bicyclic) bond motifs is 12. The molecule has 0 saturated carbocycles. The average molecular weight is 1810 g/mol. The number of hydrogen-bond acceptors (Lipinski definition) is 22. The van der Waals surface area contributed by atoms with Crippen LogP contribution < -0.4 is 115 Å². The summed E-state index contributed by atoms with van der Waals surface area (Å²) in [7, 11) is 10.2. The van der Waals surface area contributed by atoms with Gasteiger partial charge in [0.05, 0.1) is 94.4 Å². The number of aliphatic hydroxyl groups is 6. The van der Waals surface area contributed by atoms with E-state index in [9.17, 15) is 30.6 Å². The smallest absolute Gasteiger partial charge is 0.493 e. The van der Waals surface area contributed by atoms with Gasteiger partial charge in [-0.05, 0) is 305 Å². The number of aliphatic hydroxyl groups excluding tert-OH is 6. The molecule has 9 aliphatic rings. The number of hydrogen-bond donors (Lipinski definition) is 9. The van der Waals surface area contributed by atoms with Crippen molar-refractivity contribution in [3.05, 3.63) is 173 Å². The fourth-order valence-electron chi connectivity index (χ4n) is 21.2. The first kappa shape index (κ1) is 100. The summed E-state index contributed by atoms with van der Waals surface area (Å²) in [5.41, 5.74) is 21.0. The van der Waals surface area contributed by atoms with Gasteiger partial charge in [-0.25, -0.2) is 0 Å². The normalized spacial score (nSPS) is 23.6. The molecule has 6 aromatic rings. The van der Waals surface area contributed by atoms with Crippen molar-refractivity contribution < 1.29 is 140 Å². The Morgan fingerprint density at radius 1 is 0.378 bits per heavy atom. The van der Waals surface area contributed by atoms with Crippen molar-refractivity contribution in [3.8, 4) is 34.5 Å². The topological polar surface area (TPSA) is 205 Å². The third kappa shape index (κ3) is 22.9. The summed E-state index contributed by atoms with van der Waals surface area (Å²) in [4.78, 5) is 12.5. The Hall–Kier alpha value is -2.72. The first-order valence-electron chi connectivity index (χ1n) is 41.5. The molecule has 3 fully saturated rings. The van der Waals surface area contributed by atoms with Gasteiger partial charge >= 0.3 is 80.9 Å². The molecule has 0 aromatic heterocycles. The molecular weight excluding hydrogens is 1690 g/mol. The minimum Gasteiger partial charge on any atom is -0.493 e. The first-order valence-corrected chi connectivity index (χ1v) is 44.9. The van der Waals surface area contributed by atoms with Gasteiger partial charge in [0, 0.05) is 85.2 Å². The van der Waals surface area contributed by atoms with E-state index in [1.54, 1.807) is 42.7 Å². The Morgan fingerprint density at radius 2 is 0.639 bits per heavy atom. The summed E-state index contributed by atoms with van der Waals surface area (Å²) < 4.78 is 38.9. The molecular formula is C91H120KN6NaO12S8+2. The molecule has 9 heterocycles. The van der Waals surface area contributed by atoms with Crippen molar-refractivity contribution >= 4 is 116 Å². The van der Waals surface area contributed by atoms with Crippen molar-refractivity contribution in [3.63, 3.8) is 0 Å². The fraction of sp³-hybridized carbons (Fsp3) is 0.560. The van der Waals surface area contributed by atoms with Gasteiger partial charge in [-0.2, -0.15) is 0 Å². The Bertz CT molecular complexity index is 4330. The van der Waals surface area contributed by atoms with E-state index in [4.69, 9.17) is 52.9 Å². The molecule has 0 aliphatic carbocycles. The summed E-state index contributed by atoms with van der Waals surface area (Å²) in [5.74, 6) is 8.17. The number of piperidine rings is 3. The van der Waals surface area contributed by atoms with Gasteiger partial charge in [0.1, 0.15) is 8.64 Å². The van der Waals surface area contributed by atoms with Crippen LogP contribution in [0.25, 0.3) is 0 Å². The molecule has 0 radical (unpaired) electrons. The molecule has 7 N–H and O–H groups in total. The van der Waals surface area contributed by atoms with Gasteiger partial charge in [-0.3, -0.25) is 14.7 Å². The minimum atomic E-state index is -0.0462. The summed E-state index contributed by atoms with van der Waals surface area (Å²) in [6, 6.07) is 27.4. The minimum absolute atomic E-state index is 0. The third-order valence-corrected chi connectivity index (χ3v) is 28.2. The summed E-state index contributed by atoms with van der Waals surface area (Å²) >= 11 is 36.4. The average Bonchev–Trinajstić information content (AvgIpc) is 0.763. The van der Waals surface area contributed by atoms with Crippen LogP contribution in [-0.4, -0.2) is 174 Å². The SMILES string of the molecule is CC[C@H]1CN2CCc3cc(CO)c(CO)cc3[C@@H]2C[C@@H]1C[C@@H]1c2cc(OC)c(OC)cc2CCN1C(=S)S.CC[C@H]1CN2CCc3cc(CO)c(CO)cc3[C@@H]2C[C@@H]1C[C@@H]1c2cc(OC)c(OC)cc2CCN1C(=S)S.CC[C@H]1CN2CCc3cc(CO)c(CO)cc3[C@@H]2C[C@@H]1C[C@H]1NCCc2cc(OC)c(OC)cc21.S=C=S.S=C=S.[K+].[Na+]. The Labute approximate surface area is 813 Å². The van der Waals surface area contributed by atoms with Gasteiger partial charge in [0.2, 0.25) is 0 Å². The van der Waals surface area contributed by atoms with Crippen LogP contribution in [-0.2, 0) is 78.2 Å². The molecule has 634 valence electrons. The molecule has 9 aliphatic heterocycles. The zero-order valence-electron chi connectivity index (χ0n) is 71.3. The number of nitrogens with one attached hydrogen (secondary N) is 1. The first-order chi connectivity index (χ1) is 56.7. The number of benzene rings is 6. The van der Waals surface area contributed by atoms with E-state index in [0.717, 1.165) is 217 Å². The van der Waals surface area contributed by atoms with Gasteiger partial charge in [0.15, 0.2) is 34.5 Å². The van der Waals surface area contributed by atoms with E-state index < -0.39 is 0 Å². The maximum Gasteiger partial charge on any atom is 1.00 e. The van der Waals surface area contributed by atoms with Crippen molar-refractivity contribution in [1.82, 2.24) is 29.8 Å². The van der Waals surface area contributed by atoms with E-state index >= 15 is 0 Å². The second-order valence-electron chi connectivity index (χ2n) is 32.5. The zero-order chi connectivity index (χ0) is 83.9. The van der Waals surface area contributed by atoms with Gasteiger partial charge in [-0.1, -0.05) is 101 Å². The van der Waals surface area contributed by atoms with Crippen LogP contribution in [0.4, 0.5) is 0 Å². The maximum atomic E-state index is 9.98. The molecule has 18 nitrogen and oxygen atoms in total. The summed E-state index contributed by atoms with van der Waals surface area (Å²) in [5, 5.41) is 63.1. The molecule has 119 heavy (non-hydrogen) atoms. The molecule has 0 amide bonds. The number of rotatable bonds is 21. The molecule has 0 unspecified atom stereocenters. The Morgan fingerprint density at radius 3 is 0.924 bits per heavy atom. The van der Waals surface area contributed by atoms with Crippen LogP contribution in [0.3, 0.4) is 0 Å². The van der Waals surface area contributed by atoms with Crippen molar-refractivity contribution in [2.24, 2.45) is 35.5 Å². The van der Waals surface area contributed by atoms with Crippen molar-refractivity contribution in [2.45, 2.75) is 193 Å². The van der Waals surface area contributed by atoms with E-state index in [1.165, 1.54) is 73.2 Å². The number of thiocarbonyl (C=S) groups is 6. The fourth-order valence-corrected chi connectivity index (χ4v) is 22.1. The van der Waals surface area contributed by atoms with Gasteiger partial charge in [-0.15, -0.1) is 25.3 Å². The summed E-state index contributed by atoms with van der Waals surface area (Å²) in [6.07, 6.45) is 15.7. The Balaban J connectivity index is 0.000000195. The van der Waals surface area contributed by atoms with Crippen LogP contribution in [0, 0.1) is 35.5 Å². The van der Waals surface area contributed by atoms with Crippen LogP contribution in [0.15, 0.2) is 72.8 Å². The maximum absolute atomic E-state index is 9.98. The largest absolute Gasteiger partial charge is 1.00 e. The predicted octanol–water partition coefficient (Wildman–Crippen LogP) is 9.63. The molecule has 0 spiro atoms. The predicted molar refractivity (Wildman–Crippen MR) is 491 cm³/mol. The van der Waals surface area contributed by atoms with Crippen LogP contribution in [0.1, 0.15) is 215 Å². The quantitative estimate of drug-likeness (QED) is 0.0187. The third-order valence-electron chi connectivity index (χ3n) is 27.3. The monoisotopic (exact) mass is 1810 g/mol. The number of methoxy groups -OCH3 is 6. The second kappa shape index (κ2) is 47.9. The van der Waals surface area contributed by atoms with Crippen LogP contribution in [0.5, 0.6) is 34.5 Å². The van der Waals surface area contributed by atoms with Crippen LogP contribution >= 0.6 is 98.6 Å². The molecule has 0 bridgehead atoms. The Kier molecular flexibility index (Phi) is 40.3. The molecule has 3 saturated heterocycles. The molecule has 28 heteroatoms. The van der Waals surface area contributed by atoms with Gasteiger partial charge < -0.3 is 74.2 Å². The van der Waals surface area contributed by atoms with Gasteiger partial charge in [0.25, 0.3) is 0 Å².